The molecule has 2 heteroatoms. The van der Waals surface area contributed by atoms with Gasteiger partial charge in [-0.25, -0.2) is 0 Å². The molecule has 13 heavy (non-hydrogen) atoms. The summed E-state index contributed by atoms with van der Waals surface area (Å²) in [5, 5.41) is 0. The molecule has 1 rings (SSSR count). The third-order valence-corrected chi connectivity index (χ3v) is 7.58. The Morgan fingerprint density at radius 1 is 1.23 bits per heavy atom. The fourth-order valence-corrected chi connectivity index (χ4v) is 4.39. The van der Waals surface area contributed by atoms with Gasteiger partial charge < -0.3 is 4.43 Å². The molecule has 0 fully saturated rings. The van der Waals surface area contributed by atoms with Gasteiger partial charge in [0.2, 0.25) is 8.32 Å². The zero-order chi connectivity index (χ0) is 9.73. The lowest BCUT2D eigenvalue weighted by Crippen LogP contribution is -2.35. The molecule has 0 aliphatic heterocycles. The first-order valence-corrected chi connectivity index (χ1v) is 7.84. The van der Waals surface area contributed by atoms with Gasteiger partial charge in [-0.3, -0.25) is 0 Å². The highest BCUT2D eigenvalue weighted by atomic mass is 28.4. The van der Waals surface area contributed by atoms with E-state index in [1.165, 1.54) is 23.9 Å². The lowest BCUT2D eigenvalue weighted by molar-refractivity contribution is 0.398. The molecule has 0 saturated carbocycles. The Morgan fingerprint density at radius 2 is 1.85 bits per heavy atom. The highest BCUT2D eigenvalue weighted by Gasteiger charge is 2.31. The molecule has 1 aliphatic carbocycles. The molecule has 0 aromatic rings. The quantitative estimate of drug-likeness (QED) is 0.607. The monoisotopic (exact) mass is 196 g/mol. The van der Waals surface area contributed by atoms with E-state index in [0.717, 1.165) is 6.42 Å². The molecule has 0 bridgehead atoms. The molecule has 0 N–H and O–H groups in total. The van der Waals surface area contributed by atoms with E-state index < -0.39 is 8.32 Å². The van der Waals surface area contributed by atoms with E-state index >= 15 is 0 Å². The molecule has 0 atom stereocenters. The van der Waals surface area contributed by atoms with Gasteiger partial charge in [0, 0.05) is 6.42 Å². The van der Waals surface area contributed by atoms with Crippen LogP contribution in [0.4, 0.5) is 0 Å². The first-order valence-electron chi connectivity index (χ1n) is 5.31. The van der Waals surface area contributed by atoms with Crippen molar-refractivity contribution in [1.29, 1.82) is 0 Å². The fraction of sp³-hybridized carbons (Fsp3) is 0.636. The maximum Gasteiger partial charge on any atom is 0.250 e. The van der Waals surface area contributed by atoms with Crippen molar-refractivity contribution in [3.8, 4) is 0 Å². The second-order valence-electron chi connectivity index (χ2n) is 3.61. The largest absolute Gasteiger partial charge is 0.546 e. The van der Waals surface area contributed by atoms with Crippen LogP contribution in [0.2, 0.25) is 18.1 Å². The third kappa shape index (κ3) is 2.47. The van der Waals surface area contributed by atoms with Crippen LogP contribution in [0.1, 0.15) is 27.2 Å². The summed E-state index contributed by atoms with van der Waals surface area (Å²) < 4.78 is 6.18. The molecule has 1 aliphatic rings. The van der Waals surface area contributed by atoms with Crippen molar-refractivity contribution in [2.24, 2.45) is 0 Å². The third-order valence-electron chi connectivity index (χ3n) is 3.02. The molecule has 0 radical (unpaired) electrons. The van der Waals surface area contributed by atoms with Gasteiger partial charge >= 0.3 is 0 Å². The zero-order valence-corrected chi connectivity index (χ0v) is 9.97. The summed E-state index contributed by atoms with van der Waals surface area (Å²) in [4.78, 5) is 0. The summed E-state index contributed by atoms with van der Waals surface area (Å²) in [6.07, 6.45) is 7.38. The van der Waals surface area contributed by atoms with Crippen LogP contribution in [0, 0.1) is 0 Å². The van der Waals surface area contributed by atoms with Gasteiger partial charge in [0.25, 0.3) is 0 Å². The number of rotatable bonds is 5. The van der Waals surface area contributed by atoms with Crippen molar-refractivity contribution >= 4 is 8.32 Å². The SMILES string of the molecule is CC[Si](CC)(CC)OC1=CC=CC1. The van der Waals surface area contributed by atoms with Crippen LogP contribution in [0.15, 0.2) is 24.0 Å². The average Bonchev–Trinajstić information content (AvgIpc) is 2.67. The molecule has 0 heterocycles. The van der Waals surface area contributed by atoms with Gasteiger partial charge in [0.05, 0.1) is 5.76 Å². The summed E-state index contributed by atoms with van der Waals surface area (Å²) in [7, 11) is -1.39. The summed E-state index contributed by atoms with van der Waals surface area (Å²) >= 11 is 0. The smallest absolute Gasteiger partial charge is 0.250 e. The van der Waals surface area contributed by atoms with Crippen molar-refractivity contribution in [3.05, 3.63) is 24.0 Å². The second-order valence-corrected chi connectivity index (χ2v) is 8.30. The van der Waals surface area contributed by atoms with E-state index in [4.69, 9.17) is 4.43 Å². The van der Waals surface area contributed by atoms with Crippen LogP contribution in [0.5, 0.6) is 0 Å². The highest BCUT2D eigenvalue weighted by molar-refractivity contribution is 6.73. The van der Waals surface area contributed by atoms with Crippen LogP contribution in [-0.4, -0.2) is 8.32 Å². The average molecular weight is 196 g/mol. The Kier molecular flexibility index (Phi) is 3.79. The topological polar surface area (TPSA) is 9.23 Å². The molecular formula is C11H20OSi. The predicted molar refractivity (Wildman–Crippen MR) is 60.1 cm³/mol. The van der Waals surface area contributed by atoms with Crippen LogP contribution in [0.3, 0.4) is 0 Å². The molecule has 74 valence electrons. The minimum atomic E-state index is -1.39. The number of allylic oxidation sites excluding steroid dienone is 3. The van der Waals surface area contributed by atoms with E-state index in [0.29, 0.717) is 0 Å². The molecule has 0 spiro atoms. The predicted octanol–water partition coefficient (Wildman–Crippen LogP) is 3.85. The van der Waals surface area contributed by atoms with Crippen molar-refractivity contribution in [2.75, 3.05) is 0 Å². The summed E-state index contributed by atoms with van der Waals surface area (Å²) in [5.41, 5.74) is 0. The van der Waals surface area contributed by atoms with Crippen molar-refractivity contribution in [2.45, 2.75) is 45.3 Å². The van der Waals surface area contributed by atoms with Crippen molar-refractivity contribution < 1.29 is 4.43 Å². The zero-order valence-electron chi connectivity index (χ0n) is 8.97. The second kappa shape index (κ2) is 4.65. The maximum atomic E-state index is 6.18. The first-order chi connectivity index (χ1) is 6.26. The molecule has 0 amide bonds. The normalized spacial score (nSPS) is 16.1. The van der Waals surface area contributed by atoms with E-state index in [-0.39, 0.29) is 0 Å². The molecule has 0 unspecified atom stereocenters. The minimum Gasteiger partial charge on any atom is -0.546 e. The maximum absolute atomic E-state index is 6.18. The summed E-state index contributed by atoms with van der Waals surface area (Å²) in [5.74, 6) is 1.19. The Bertz CT molecular complexity index is 206. The summed E-state index contributed by atoms with van der Waals surface area (Å²) in [6, 6.07) is 3.70. The van der Waals surface area contributed by atoms with Gasteiger partial charge in [0.15, 0.2) is 0 Å². The van der Waals surface area contributed by atoms with Crippen LogP contribution >= 0.6 is 0 Å². The Labute approximate surface area is 82.6 Å². The number of hydrogen-bond donors (Lipinski definition) is 0. The first kappa shape index (κ1) is 10.6. The summed E-state index contributed by atoms with van der Waals surface area (Å²) in [6.45, 7) is 6.80. The van der Waals surface area contributed by atoms with E-state index in [9.17, 15) is 0 Å². The van der Waals surface area contributed by atoms with E-state index in [2.05, 4.69) is 39.0 Å². The van der Waals surface area contributed by atoms with Crippen molar-refractivity contribution in [3.63, 3.8) is 0 Å². The van der Waals surface area contributed by atoms with Gasteiger partial charge in [0.1, 0.15) is 0 Å². The molecule has 0 aromatic carbocycles. The van der Waals surface area contributed by atoms with Crippen LogP contribution in [0.25, 0.3) is 0 Å². The van der Waals surface area contributed by atoms with Gasteiger partial charge in [-0.2, -0.15) is 0 Å². The Hall–Kier alpha value is -0.503. The molecule has 0 aromatic heterocycles. The Balaban J connectivity index is 2.56. The fourth-order valence-electron chi connectivity index (χ4n) is 1.75. The van der Waals surface area contributed by atoms with Crippen LogP contribution in [-0.2, 0) is 4.43 Å². The van der Waals surface area contributed by atoms with Gasteiger partial charge in [-0.1, -0.05) is 32.9 Å². The van der Waals surface area contributed by atoms with Gasteiger partial charge in [-0.15, -0.1) is 0 Å². The van der Waals surface area contributed by atoms with E-state index in [1.54, 1.807) is 0 Å². The molecule has 0 saturated heterocycles. The lowest BCUT2D eigenvalue weighted by atomic mass is 10.4. The standard InChI is InChI=1S/C11H20OSi/c1-4-13(5-2,6-3)12-11-9-7-8-10-11/h7-9H,4-6,10H2,1-3H3. The van der Waals surface area contributed by atoms with Crippen molar-refractivity contribution in [1.82, 2.24) is 0 Å². The minimum absolute atomic E-state index is 1.01. The Morgan fingerprint density at radius 3 is 2.23 bits per heavy atom. The molecule has 1 nitrogen and oxygen atoms in total. The lowest BCUT2D eigenvalue weighted by Gasteiger charge is -2.29. The highest BCUT2D eigenvalue weighted by Crippen LogP contribution is 2.27. The van der Waals surface area contributed by atoms with Gasteiger partial charge in [-0.05, 0) is 24.2 Å². The van der Waals surface area contributed by atoms with Crippen LogP contribution < -0.4 is 0 Å². The molecular weight excluding hydrogens is 176 g/mol. The number of hydrogen-bond acceptors (Lipinski definition) is 1. The van der Waals surface area contributed by atoms with E-state index in [1.807, 2.05) is 0 Å².